The zero-order valence-corrected chi connectivity index (χ0v) is 18.1. The SMILES string of the molecule is CC(Sc1nnc(-c2ccc(F)cc2)n1N)C(=O)N1CCN(Cc2ccccc2)CC1. The molecule has 0 saturated carbocycles. The van der Waals surface area contributed by atoms with Crippen molar-refractivity contribution in [2.24, 2.45) is 0 Å². The predicted molar refractivity (Wildman–Crippen MR) is 119 cm³/mol. The number of nitrogen functional groups attached to an aromatic ring is 1. The fourth-order valence-corrected chi connectivity index (χ4v) is 4.44. The van der Waals surface area contributed by atoms with E-state index in [1.54, 1.807) is 12.1 Å². The smallest absolute Gasteiger partial charge is 0.235 e. The van der Waals surface area contributed by atoms with Gasteiger partial charge in [0.2, 0.25) is 11.1 Å². The standard InChI is InChI=1S/C22H25FN6OS/c1-16(31-22-26-25-20(29(22)24)18-7-9-19(23)10-8-18)21(30)28-13-11-27(12-14-28)15-17-5-3-2-4-6-17/h2-10,16H,11-15,24H2,1H3. The van der Waals surface area contributed by atoms with Crippen LogP contribution in [0.3, 0.4) is 0 Å². The van der Waals surface area contributed by atoms with Gasteiger partial charge in [-0.2, -0.15) is 0 Å². The summed E-state index contributed by atoms with van der Waals surface area (Å²) >= 11 is 1.28. The van der Waals surface area contributed by atoms with E-state index in [0.717, 1.165) is 19.6 Å². The maximum absolute atomic E-state index is 13.2. The van der Waals surface area contributed by atoms with E-state index in [-0.39, 0.29) is 17.0 Å². The van der Waals surface area contributed by atoms with E-state index in [9.17, 15) is 9.18 Å². The predicted octanol–water partition coefficient (Wildman–Crippen LogP) is 2.62. The molecule has 1 fully saturated rings. The molecule has 0 spiro atoms. The van der Waals surface area contributed by atoms with Crippen LogP contribution in [-0.4, -0.2) is 62.0 Å². The quantitative estimate of drug-likeness (QED) is 0.469. The highest BCUT2D eigenvalue weighted by Crippen LogP contribution is 2.26. The number of thioether (sulfide) groups is 1. The van der Waals surface area contributed by atoms with Crippen LogP contribution in [-0.2, 0) is 11.3 Å². The second kappa shape index (κ2) is 9.49. The fraction of sp³-hybridized carbons (Fsp3) is 0.318. The summed E-state index contributed by atoms with van der Waals surface area (Å²) in [6.45, 7) is 5.85. The summed E-state index contributed by atoms with van der Waals surface area (Å²) in [7, 11) is 0. The van der Waals surface area contributed by atoms with Crippen molar-refractivity contribution in [2.75, 3.05) is 32.0 Å². The second-order valence-corrected chi connectivity index (χ2v) is 8.84. The molecular formula is C22H25FN6OS. The summed E-state index contributed by atoms with van der Waals surface area (Å²) < 4.78 is 14.5. The zero-order valence-electron chi connectivity index (χ0n) is 17.3. The summed E-state index contributed by atoms with van der Waals surface area (Å²) in [4.78, 5) is 17.2. The van der Waals surface area contributed by atoms with Gasteiger partial charge < -0.3 is 10.7 Å². The van der Waals surface area contributed by atoms with Crippen molar-refractivity contribution in [3.05, 3.63) is 66.0 Å². The molecule has 0 aliphatic carbocycles. The summed E-state index contributed by atoms with van der Waals surface area (Å²) in [5, 5.41) is 8.33. The molecule has 3 aromatic rings. The average Bonchev–Trinajstić information content (AvgIpc) is 3.15. The van der Waals surface area contributed by atoms with E-state index in [2.05, 4.69) is 27.2 Å². The van der Waals surface area contributed by atoms with Crippen molar-refractivity contribution in [3.8, 4) is 11.4 Å². The lowest BCUT2D eigenvalue weighted by molar-refractivity contribution is -0.132. The molecule has 0 bridgehead atoms. The molecule has 2 aromatic carbocycles. The highest BCUT2D eigenvalue weighted by molar-refractivity contribution is 8.00. The number of benzene rings is 2. The maximum atomic E-state index is 13.2. The number of rotatable bonds is 6. The minimum Gasteiger partial charge on any atom is -0.339 e. The van der Waals surface area contributed by atoms with Crippen molar-refractivity contribution in [1.82, 2.24) is 24.7 Å². The second-order valence-electron chi connectivity index (χ2n) is 7.53. The topological polar surface area (TPSA) is 80.3 Å². The van der Waals surface area contributed by atoms with Crippen molar-refractivity contribution < 1.29 is 9.18 Å². The minimum absolute atomic E-state index is 0.0655. The molecule has 1 unspecified atom stereocenters. The van der Waals surface area contributed by atoms with Crippen molar-refractivity contribution in [1.29, 1.82) is 0 Å². The number of piperazine rings is 1. The van der Waals surface area contributed by atoms with Gasteiger partial charge in [-0.25, -0.2) is 9.07 Å². The van der Waals surface area contributed by atoms with Crippen LogP contribution >= 0.6 is 11.8 Å². The van der Waals surface area contributed by atoms with Crippen LogP contribution < -0.4 is 5.84 Å². The fourth-order valence-electron chi connectivity index (χ4n) is 3.59. The zero-order chi connectivity index (χ0) is 21.8. The van der Waals surface area contributed by atoms with Gasteiger partial charge in [-0.3, -0.25) is 9.69 Å². The number of halogens is 1. The number of aromatic nitrogens is 3. The summed E-state index contributed by atoms with van der Waals surface area (Å²) in [6.07, 6.45) is 0. The third-order valence-electron chi connectivity index (χ3n) is 5.33. The van der Waals surface area contributed by atoms with Crippen molar-refractivity contribution >= 4 is 17.7 Å². The Morgan fingerprint density at radius 3 is 2.42 bits per heavy atom. The van der Waals surface area contributed by atoms with E-state index in [1.165, 1.54) is 34.1 Å². The number of hydrogen-bond donors (Lipinski definition) is 1. The Labute approximate surface area is 185 Å². The number of carbonyl (C=O) groups excluding carboxylic acids is 1. The molecule has 1 aliphatic heterocycles. The Bertz CT molecular complexity index is 1020. The molecule has 4 rings (SSSR count). The molecular weight excluding hydrogens is 415 g/mol. The largest absolute Gasteiger partial charge is 0.339 e. The highest BCUT2D eigenvalue weighted by Gasteiger charge is 2.27. The van der Waals surface area contributed by atoms with Gasteiger partial charge in [-0.05, 0) is 36.8 Å². The van der Waals surface area contributed by atoms with Gasteiger partial charge in [0, 0.05) is 38.3 Å². The van der Waals surface area contributed by atoms with Gasteiger partial charge >= 0.3 is 0 Å². The van der Waals surface area contributed by atoms with Gasteiger partial charge in [0.05, 0.1) is 5.25 Å². The average molecular weight is 441 g/mol. The van der Waals surface area contributed by atoms with Crippen LogP contribution in [0.4, 0.5) is 4.39 Å². The Hall–Kier alpha value is -2.91. The molecule has 31 heavy (non-hydrogen) atoms. The Balaban J connectivity index is 1.32. The Morgan fingerprint density at radius 2 is 1.74 bits per heavy atom. The van der Waals surface area contributed by atoms with Gasteiger partial charge in [-0.15, -0.1) is 10.2 Å². The van der Waals surface area contributed by atoms with Gasteiger partial charge in [0.15, 0.2) is 5.82 Å². The van der Waals surface area contributed by atoms with E-state index in [0.29, 0.717) is 29.6 Å². The summed E-state index contributed by atoms with van der Waals surface area (Å²) in [5.74, 6) is 6.30. The third-order valence-corrected chi connectivity index (χ3v) is 6.37. The van der Waals surface area contributed by atoms with Gasteiger partial charge in [0.25, 0.3) is 0 Å². The van der Waals surface area contributed by atoms with E-state index in [4.69, 9.17) is 5.84 Å². The lowest BCUT2D eigenvalue weighted by atomic mass is 10.2. The molecule has 1 aromatic heterocycles. The molecule has 1 aliphatic rings. The lowest BCUT2D eigenvalue weighted by Crippen LogP contribution is -2.50. The Kier molecular flexibility index (Phi) is 6.53. The van der Waals surface area contributed by atoms with Crippen molar-refractivity contribution in [2.45, 2.75) is 23.9 Å². The van der Waals surface area contributed by atoms with E-state index in [1.807, 2.05) is 30.0 Å². The van der Waals surface area contributed by atoms with Crippen LogP contribution in [0.25, 0.3) is 11.4 Å². The molecule has 0 radical (unpaired) electrons. The van der Waals surface area contributed by atoms with Crippen LogP contribution in [0.5, 0.6) is 0 Å². The van der Waals surface area contributed by atoms with Crippen LogP contribution in [0.15, 0.2) is 59.8 Å². The van der Waals surface area contributed by atoms with Gasteiger partial charge in [0.1, 0.15) is 5.82 Å². The van der Waals surface area contributed by atoms with Gasteiger partial charge in [-0.1, -0.05) is 42.1 Å². The Morgan fingerprint density at radius 1 is 1.06 bits per heavy atom. The first kappa shape index (κ1) is 21.3. The third kappa shape index (κ3) is 5.05. The first-order valence-electron chi connectivity index (χ1n) is 10.2. The van der Waals surface area contributed by atoms with E-state index >= 15 is 0 Å². The molecule has 162 valence electrons. The van der Waals surface area contributed by atoms with Crippen LogP contribution in [0.2, 0.25) is 0 Å². The first-order chi connectivity index (χ1) is 15.0. The molecule has 1 saturated heterocycles. The monoisotopic (exact) mass is 440 g/mol. The first-order valence-corrected chi connectivity index (χ1v) is 11.1. The van der Waals surface area contributed by atoms with Crippen LogP contribution in [0.1, 0.15) is 12.5 Å². The molecule has 1 amide bonds. The lowest BCUT2D eigenvalue weighted by Gasteiger charge is -2.35. The number of hydrogen-bond acceptors (Lipinski definition) is 6. The molecule has 9 heteroatoms. The summed E-state index contributed by atoms with van der Waals surface area (Å²) in [6, 6.07) is 16.3. The normalized spacial score (nSPS) is 15.7. The number of amides is 1. The number of nitrogens with zero attached hydrogens (tertiary/aromatic N) is 5. The van der Waals surface area contributed by atoms with Crippen LogP contribution in [0, 0.1) is 5.82 Å². The molecule has 1 atom stereocenters. The number of carbonyl (C=O) groups is 1. The minimum atomic E-state index is -0.340. The number of nitrogens with two attached hydrogens (primary N) is 1. The maximum Gasteiger partial charge on any atom is 0.235 e. The van der Waals surface area contributed by atoms with Crippen molar-refractivity contribution in [3.63, 3.8) is 0 Å². The highest BCUT2D eigenvalue weighted by atomic mass is 32.2. The molecule has 2 N–H and O–H groups in total. The molecule has 2 heterocycles. The van der Waals surface area contributed by atoms with E-state index < -0.39 is 0 Å². The summed E-state index contributed by atoms with van der Waals surface area (Å²) in [5.41, 5.74) is 1.95. The molecule has 7 nitrogen and oxygen atoms in total.